The van der Waals surface area contributed by atoms with Crippen molar-refractivity contribution < 1.29 is 4.79 Å². The number of amides is 1. The number of hydrogen-bond donors (Lipinski definition) is 2. The molecule has 0 spiro atoms. The molecule has 8 heteroatoms. The first kappa shape index (κ1) is 21.5. The highest BCUT2D eigenvalue weighted by Gasteiger charge is 2.30. The Bertz CT molecular complexity index is 1270. The number of thiocarbonyl (C=S) groups is 1. The Morgan fingerprint density at radius 2 is 1.91 bits per heavy atom. The van der Waals surface area contributed by atoms with E-state index in [4.69, 9.17) is 34.1 Å². The molecule has 3 aromatic rings. The largest absolute Gasteiger partial charge is 0.333 e. The highest BCUT2D eigenvalue weighted by molar-refractivity contribution is 7.80. The Balaban J connectivity index is 1.70. The fraction of sp³-hybridized carbons (Fsp3) is 0.0833. The van der Waals surface area contributed by atoms with Gasteiger partial charge in [0, 0.05) is 28.9 Å². The van der Waals surface area contributed by atoms with Crippen LogP contribution in [0.15, 0.2) is 77.8 Å². The third-order valence-electron chi connectivity index (χ3n) is 4.96. The number of hydrogen-bond acceptors (Lipinski definition) is 4. The maximum Gasteiger partial charge on any atom is 0.272 e. The van der Waals surface area contributed by atoms with Crippen LogP contribution in [0.4, 0.5) is 11.4 Å². The van der Waals surface area contributed by atoms with Crippen molar-refractivity contribution in [1.29, 1.82) is 5.26 Å². The molecule has 6 nitrogen and oxygen atoms in total. The fourth-order valence-electron chi connectivity index (χ4n) is 3.42. The number of aliphatic imine (C=N–C) groups is 1. The molecule has 32 heavy (non-hydrogen) atoms. The van der Waals surface area contributed by atoms with Gasteiger partial charge in [-0.15, -0.1) is 0 Å². The molecule has 1 amide bonds. The van der Waals surface area contributed by atoms with E-state index in [2.05, 4.69) is 16.7 Å². The van der Waals surface area contributed by atoms with E-state index in [0.29, 0.717) is 27.7 Å². The molecule has 0 aromatic heterocycles. The number of carbonyl (C=O) groups excluding carboxylic acids is 1. The van der Waals surface area contributed by atoms with Gasteiger partial charge < -0.3 is 15.5 Å². The number of nitrogens with one attached hydrogen (secondary N) is 2. The van der Waals surface area contributed by atoms with Crippen LogP contribution in [0, 0.1) is 11.3 Å². The van der Waals surface area contributed by atoms with Gasteiger partial charge in [-0.05, 0) is 48.6 Å². The van der Waals surface area contributed by atoms with Gasteiger partial charge in [-0.1, -0.05) is 48.0 Å². The van der Waals surface area contributed by atoms with Crippen LogP contribution in [0.2, 0.25) is 5.02 Å². The maximum atomic E-state index is 13.3. The summed E-state index contributed by atoms with van der Waals surface area (Å²) in [6, 6.07) is 23.9. The fourth-order valence-corrected chi connectivity index (χ4v) is 3.83. The number of rotatable bonds is 3. The molecule has 3 aromatic carbocycles. The monoisotopic (exact) mass is 459 g/mol. The summed E-state index contributed by atoms with van der Waals surface area (Å²) in [5.41, 5.74) is 4.08. The number of halogens is 1. The van der Waals surface area contributed by atoms with Gasteiger partial charge in [-0.2, -0.15) is 5.26 Å². The first-order chi connectivity index (χ1) is 15.5. The Kier molecular flexibility index (Phi) is 6.17. The topological polar surface area (TPSA) is 80.5 Å². The zero-order valence-electron chi connectivity index (χ0n) is 17.0. The van der Waals surface area contributed by atoms with Crippen LogP contribution in [0.1, 0.15) is 16.7 Å². The highest BCUT2D eigenvalue weighted by Crippen LogP contribution is 2.29. The first-order valence-electron chi connectivity index (χ1n) is 9.74. The molecule has 1 heterocycles. The normalized spacial score (nSPS) is 15.2. The first-order valence-corrected chi connectivity index (χ1v) is 10.5. The van der Waals surface area contributed by atoms with Crippen molar-refractivity contribution in [1.82, 2.24) is 5.32 Å². The second-order valence-electron chi connectivity index (χ2n) is 7.10. The predicted octanol–water partition coefficient (Wildman–Crippen LogP) is 4.34. The van der Waals surface area contributed by atoms with E-state index < -0.39 is 6.17 Å². The maximum absolute atomic E-state index is 13.3. The van der Waals surface area contributed by atoms with Crippen LogP contribution in [-0.4, -0.2) is 29.9 Å². The van der Waals surface area contributed by atoms with Gasteiger partial charge in [0.05, 0.1) is 23.0 Å². The van der Waals surface area contributed by atoms with Crippen molar-refractivity contribution in [3.63, 3.8) is 0 Å². The second kappa shape index (κ2) is 9.18. The molecule has 0 fully saturated rings. The molecular weight excluding hydrogens is 442 g/mol. The number of nitrogens with zero attached hydrogens (tertiary/aromatic N) is 3. The predicted molar refractivity (Wildman–Crippen MR) is 131 cm³/mol. The molecule has 0 aliphatic carbocycles. The summed E-state index contributed by atoms with van der Waals surface area (Å²) in [5, 5.41) is 15.9. The number of nitriles is 1. The summed E-state index contributed by atoms with van der Waals surface area (Å²) in [4.78, 5) is 19.5. The van der Waals surface area contributed by atoms with E-state index >= 15 is 0 Å². The number of carbonyl (C=O) groups is 1. The Morgan fingerprint density at radius 1 is 1.12 bits per heavy atom. The van der Waals surface area contributed by atoms with Crippen molar-refractivity contribution in [2.24, 2.45) is 4.99 Å². The Labute approximate surface area is 196 Å². The van der Waals surface area contributed by atoms with E-state index in [1.54, 1.807) is 54.4 Å². The van der Waals surface area contributed by atoms with Crippen LogP contribution in [0.3, 0.4) is 0 Å². The van der Waals surface area contributed by atoms with E-state index in [1.165, 1.54) is 0 Å². The van der Waals surface area contributed by atoms with Crippen LogP contribution in [0.25, 0.3) is 0 Å². The van der Waals surface area contributed by atoms with Gasteiger partial charge >= 0.3 is 0 Å². The van der Waals surface area contributed by atoms with Crippen molar-refractivity contribution in [3.05, 3.63) is 94.5 Å². The minimum absolute atomic E-state index is 0.215. The standard InChI is InChI=1S/C24H18ClN5OS/c1-30-20-11-10-17(25)13-19(20)21(16-7-3-2-4-8-16)28-22(23(30)31)29-24(32)27-18-9-5-6-15(12-18)14-26/h2-13,22H,1H3,(H2,27,29,32). The number of likely N-dealkylation sites (N-methyl/N-ethyl adjacent to an activating group) is 1. The molecule has 0 saturated carbocycles. The lowest BCUT2D eigenvalue weighted by Gasteiger charge is -2.22. The van der Waals surface area contributed by atoms with Crippen molar-refractivity contribution >= 4 is 51.9 Å². The van der Waals surface area contributed by atoms with Crippen LogP contribution in [-0.2, 0) is 4.79 Å². The number of anilines is 2. The van der Waals surface area contributed by atoms with Gasteiger partial charge in [-0.3, -0.25) is 4.79 Å². The van der Waals surface area contributed by atoms with E-state index in [-0.39, 0.29) is 11.0 Å². The van der Waals surface area contributed by atoms with Gasteiger partial charge in [-0.25, -0.2) is 4.99 Å². The Morgan fingerprint density at radius 3 is 2.66 bits per heavy atom. The number of fused-ring (bicyclic) bond motifs is 1. The highest BCUT2D eigenvalue weighted by atomic mass is 35.5. The summed E-state index contributed by atoms with van der Waals surface area (Å²) in [6.45, 7) is 0. The molecule has 0 saturated heterocycles. The Hall–Kier alpha value is -3.73. The summed E-state index contributed by atoms with van der Waals surface area (Å²) in [7, 11) is 1.69. The van der Waals surface area contributed by atoms with E-state index in [9.17, 15) is 4.79 Å². The zero-order chi connectivity index (χ0) is 22.7. The van der Waals surface area contributed by atoms with Gasteiger partial charge in [0.2, 0.25) is 6.17 Å². The zero-order valence-corrected chi connectivity index (χ0v) is 18.6. The van der Waals surface area contributed by atoms with Crippen molar-refractivity contribution in [2.75, 3.05) is 17.3 Å². The quantitative estimate of drug-likeness (QED) is 0.569. The van der Waals surface area contributed by atoms with E-state index in [1.807, 2.05) is 30.3 Å². The molecule has 1 aliphatic rings. The summed E-state index contributed by atoms with van der Waals surface area (Å²) in [6.07, 6.45) is -0.958. The molecule has 2 N–H and O–H groups in total. The molecular formula is C24H18ClN5OS. The summed E-state index contributed by atoms with van der Waals surface area (Å²) in [5.74, 6) is -0.269. The second-order valence-corrected chi connectivity index (χ2v) is 7.94. The molecule has 0 bridgehead atoms. The minimum Gasteiger partial charge on any atom is -0.333 e. The molecule has 158 valence electrons. The molecule has 4 rings (SSSR count). The van der Waals surface area contributed by atoms with Crippen LogP contribution >= 0.6 is 23.8 Å². The van der Waals surface area contributed by atoms with Gasteiger partial charge in [0.15, 0.2) is 5.11 Å². The lowest BCUT2D eigenvalue weighted by molar-refractivity contribution is -0.119. The average molecular weight is 460 g/mol. The average Bonchev–Trinajstić information content (AvgIpc) is 2.90. The third-order valence-corrected chi connectivity index (χ3v) is 5.42. The summed E-state index contributed by atoms with van der Waals surface area (Å²) >= 11 is 11.7. The van der Waals surface area contributed by atoms with Gasteiger partial charge in [0.25, 0.3) is 5.91 Å². The molecule has 1 atom stereocenters. The molecule has 1 aliphatic heterocycles. The lowest BCUT2D eigenvalue weighted by Crippen LogP contribution is -2.47. The number of benzodiazepines with no additional fused rings is 1. The number of benzene rings is 3. The van der Waals surface area contributed by atoms with Crippen molar-refractivity contribution in [3.8, 4) is 6.07 Å². The van der Waals surface area contributed by atoms with E-state index in [0.717, 1.165) is 11.1 Å². The molecule has 1 unspecified atom stereocenters. The smallest absolute Gasteiger partial charge is 0.272 e. The molecule has 0 radical (unpaired) electrons. The minimum atomic E-state index is -0.958. The van der Waals surface area contributed by atoms with Crippen LogP contribution < -0.4 is 15.5 Å². The van der Waals surface area contributed by atoms with Crippen LogP contribution in [0.5, 0.6) is 0 Å². The van der Waals surface area contributed by atoms with Gasteiger partial charge in [0.1, 0.15) is 0 Å². The SMILES string of the molecule is CN1C(=O)C(NC(=S)Nc2cccc(C#N)c2)N=C(c2ccccc2)c2cc(Cl)ccc21. The lowest BCUT2D eigenvalue weighted by atomic mass is 10.0. The summed E-state index contributed by atoms with van der Waals surface area (Å²) < 4.78 is 0. The third kappa shape index (κ3) is 4.47. The van der Waals surface area contributed by atoms with Crippen molar-refractivity contribution in [2.45, 2.75) is 6.17 Å².